The van der Waals surface area contributed by atoms with Crippen molar-refractivity contribution in [2.24, 2.45) is 0 Å². The Kier molecular flexibility index (Phi) is 7.88. The van der Waals surface area contributed by atoms with Gasteiger partial charge in [0.25, 0.3) is 0 Å². The predicted octanol–water partition coefficient (Wildman–Crippen LogP) is 5.30. The zero-order valence-corrected chi connectivity index (χ0v) is 22.5. The van der Waals surface area contributed by atoms with E-state index < -0.39 is 17.7 Å². The second-order valence-corrected chi connectivity index (χ2v) is 8.75. The number of aryl methyl sites for hydroxylation is 1. The molecule has 0 bridgehead atoms. The number of nitrogens with zero attached hydrogens (tertiary/aromatic N) is 1. The number of halogens is 4. The topological polar surface area (TPSA) is 63.5 Å². The van der Waals surface area contributed by atoms with Crippen LogP contribution in [0.4, 0.5) is 13.2 Å². The van der Waals surface area contributed by atoms with Gasteiger partial charge < -0.3 is 23.9 Å². The molecule has 2 aromatic carbocycles. The molecule has 4 rings (SSSR count). The third kappa shape index (κ3) is 5.36. The van der Waals surface area contributed by atoms with Crippen LogP contribution in [0.25, 0.3) is 10.9 Å². The summed E-state index contributed by atoms with van der Waals surface area (Å²) >= 11 is 6.57. The second kappa shape index (κ2) is 10.2. The van der Waals surface area contributed by atoms with E-state index in [0.717, 1.165) is 17.3 Å². The Bertz CT molecular complexity index is 1210. The van der Waals surface area contributed by atoms with Crippen LogP contribution in [-0.4, -0.2) is 16.6 Å². The molecule has 0 unspecified atom stereocenters. The maximum atomic E-state index is 13.5. The van der Waals surface area contributed by atoms with Gasteiger partial charge >= 0.3 is 6.18 Å². The van der Waals surface area contributed by atoms with E-state index in [-0.39, 0.29) is 50.3 Å². The normalized spacial score (nSPS) is 15.3. The van der Waals surface area contributed by atoms with Crippen LogP contribution in [0.5, 0.6) is 11.5 Å². The van der Waals surface area contributed by atoms with Gasteiger partial charge in [0.1, 0.15) is 18.1 Å². The number of benzene rings is 2. The number of aliphatic carboxylic acids is 1. The van der Waals surface area contributed by atoms with Gasteiger partial charge in [-0.25, -0.2) is 0 Å². The molecule has 0 spiro atoms. The SMILES string of the molecule is CC(C)Oc1ccc(COc2ccc3c(c2)c(Cl)c2n3CC[C@@H]2CC(=O)[O-])cc1C(F)(F)F.[Zn]. The molecule has 0 amide bonds. The Morgan fingerprint density at radius 1 is 1.24 bits per heavy atom. The molecule has 1 aliphatic heterocycles. The molecule has 1 atom stereocenters. The van der Waals surface area contributed by atoms with Crippen LogP contribution >= 0.6 is 11.6 Å². The molecule has 0 aliphatic carbocycles. The Hall–Kier alpha value is -2.25. The monoisotopic (exact) mass is 544 g/mol. The van der Waals surface area contributed by atoms with Gasteiger partial charge in [-0.3, -0.25) is 0 Å². The number of hydrogen-bond donors (Lipinski definition) is 0. The minimum absolute atomic E-state index is 0. The van der Waals surface area contributed by atoms with E-state index >= 15 is 0 Å². The van der Waals surface area contributed by atoms with Gasteiger partial charge in [0, 0.05) is 49.0 Å². The standard InChI is InChI=1S/C24H23ClF3NO4.Zn/c1-13(2)33-20-6-3-14(9-18(20)24(26,27)28)12-32-16-4-5-19-17(11-16)22(25)23-15(10-21(30)31)7-8-29(19)23;/h3-6,9,11,13,15H,7-8,10,12H2,1-2H3,(H,30,31);/p-1/t15-;/m1./s1. The van der Waals surface area contributed by atoms with E-state index in [1.807, 2.05) is 10.6 Å². The molecule has 0 fully saturated rings. The number of carboxylic acid groups (broad SMARTS) is 1. The van der Waals surface area contributed by atoms with Crippen LogP contribution in [0, 0.1) is 0 Å². The van der Waals surface area contributed by atoms with Crippen LogP contribution in [0.3, 0.4) is 0 Å². The molecule has 0 radical (unpaired) electrons. The molecule has 1 aromatic heterocycles. The number of hydrogen-bond acceptors (Lipinski definition) is 4. The maximum Gasteiger partial charge on any atom is 0.419 e. The summed E-state index contributed by atoms with van der Waals surface area (Å²) in [5.74, 6) is -1.11. The molecule has 178 valence electrons. The quantitative estimate of drug-likeness (QED) is 0.378. The van der Waals surface area contributed by atoms with Gasteiger partial charge in [0.2, 0.25) is 0 Å². The summed E-state index contributed by atoms with van der Waals surface area (Å²) in [6, 6.07) is 9.13. The first-order chi connectivity index (χ1) is 15.5. The zero-order chi connectivity index (χ0) is 23.9. The van der Waals surface area contributed by atoms with Crippen LogP contribution in [0.1, 0.15) is 49.4 Å². The van der Waals surface area contributed by atoms with Gasteiger partial charge in [0.15, 0.2) is 0 Å². The van der Waals surface area contributed by atoms with E-state index in [2.05, 4.69) is 0 Å². The Morgan fingerprint density at radius 3 is 2.62 bits per heavy atom. The van der Waals surface area contributed by atoms with Crippen molar-refractivity contribution in [1.29, 1.82) is 0 Å². The van der Waals surface area contributed by atoms with Crippen LogP contribution in [0.15, 0.2) is 36.4 Å². The molecule has 0 N–H and O–H groups in total. The number of carbonyl (C=O) groups is 1. The van der Waals surface area contributed by atoms with Gasteiger partial charge in [-0.15, -0.1) is 0 Å². The van der Waals surface area contributed by atoms with Crippen LogP contribution < -0.4 is 14.6 Å². The van der Waals surface area contributed by atoms with Gasteiger partial charge in [-0.2, -0.15) is 13.2 Å². The molecule has 2 heterocycles. The Labute approximate surface area is 212 Å². The first kappa shape index (κ1) is 26.4. The Morgan fingerprint density at radius 2 is 1.97 bits per heavy atom. The Balaban J connectivity index is 0.00000324. The van der Waals surface area contributed by atoms with Crippen molar-refractivity contribution in [3.63, 3.8) is 0 Å². The van der Waals surface area contributed by atoms with Crippen LogP contribution in [-0.2, 0) is 43.6 Å². The molecule has 1 aliphatic rings. The average Bonchev–Trinajstić information content (AvgIpc) is 3.25. The van der Waals surface area contributed by atoms with Crippen LogP contribution in [0.2, 0.25) is 5.02 Å². The number of aromatic nitrogens is 1. The fraction of sp³-hybridized carbons (Fsp3) is 0.375. The van der Waals surface area contributed by atoms with Crippen molar-refractivity contribution >= 4 is 28.5 Å². The van der Waals surface area contributed by atoms with Crippen molar-refractivity contribution in [3.8, 4) is 11.5 Å². The molecule has 3 aromatic rings. The maximum absolute atomic E-state index is 13.5. The second-order valence-electron chi connectivity index (χ2n) is 8.38. The molecular weight excluding hydrogens is 524 g/mol. The third-order valence-corrected chi connectivity index (χ3v) is 6.03. The van der Waals surface area contributed by atoms with E-state index in [1.54, 1.807) is 26.0 Å². The summed E-state index contributed by atoms with van der Waals surface area (Å²) in [4.78, 5) is 11.1. The van der Waals surface area contributed by atoms with Crippen molar-refractivity contribution in [2.75, 3.05) is 0 Å². The van der Waals surface area contributed by atoms with Crippen molar-refractivity contribution in [3.05, 3.63) is 58.2 Å². The number of alkyl halides is 3. The molecule has 34 heavy (non-hydrogen) atoms. The minimum atomic E-state index is -4.55. The number of carboxylic acids is 1. The minimum Gasteiger partial charge on any atom is -0.550 e. The summed E-state index contributed by atoms with van der Waals surface area (Å²) in [7, 11) is 0. The van der Waals surface area contributed by atoms with E-state index in [4.69, 9.17) is 21.1 Å². The molecule has 5 nitrogen and oxygen atoms in total. The largest absolute Gasteiger partial charge is 0.550 e. The number of carbonyl (C=O) groups excluding carboxylic acids is 1. The van der Waals surface area contributed by atoms with E-state index in [1.165, 1.54) is 12.1 Å². The summed E-state index contributed by atoms with van der Waals surface area (Å²) in [6.45, 7) is 3.91. The average molecular weight is 546 g/mol. The van der Waals surface area contributed by atoms with Gasteiger partial charge in [-0.05, 0) is 62.6 Å². The molecular formula is C24H22ClF3NO4Zn-. The van der Waals surface area contributed by atoms with E-state index in [9.17, 15) is 23.1 Å². The molecule has 0 saturated heterocycles. The summed E-state index contributed by atoms with van der Waals surface area (Å²) < 4.78 is 53.5. The summed E-state index contributed by atoms with van der Waals surface area (Å²) in [6.07, 6.45) is -4.37. The fourth-order valence-electron chi connectivity index (χ4n) is 4.28. The molecule has 0 saturated carbocycles. The summed E-state index contributed by atoms with van der Waals surface area (Å²) in [5.41, 5.74) is 1.12. The van der Waals surface area contributed by atoms with Crippen molar-refractivity contribution in [1.82, 2.24) is 4.57 Å². The smallest absolute Gasteiger partial charge is 0.419 e. The zero-order valence-electron chi connectivity index (χ0n) is 18.7. The fourth-order valence-corrected chi connectivity index (χ4v) is 4.68. The molecule has 10 heteroatoms. The number of ether oxygens (including phenoxy) is 2. The number of fused-ring (bicyclic) bond motifs is 3. The summed E-state index contributed by atoms with van der Waals surface area (Å²) in [5, 5.41) is 12.2. The van der Waals surface area contributed by atoms with Crippen molar-refractivity contribution < 1.29 is 52.0 Å². The van der Waals surface area contributed by atoms with E-state index in [0.29, 0.717) is 34.7 Å². The first-order valence-electron chi connectivity index (χ1n) is 10.6. The predicted molar refractivity (Wildman–Crippen MR) is 115 cm³/mol. The van der Waals surface area contributed by atoms with Gasteiger partial charge in [0.05, 0.1) is 22.2 Å². The number of rotatable bonds is 7. The van der Waals surface area contributed by atoms with Gasteiger partial charge in [-0.1, -0.05) is 17.7 Å². The first-order valence-corrected chi connectivity index (χ1v) is 10.9. The van der Waals surface area contributed by atoms with Crippen molar-refractivity contribution in [2.45, 2.75) is 58.0 Å². The third-order valence-electron chi connectivity index (χ3n) is 5.63.